The monoisotopic (exact) mass is 1210 g/mol. The molecule has 4 aliphatic heterocycles. The number of hydrogen-bond donors (Lipinski definition) is 8. The van der Waals surface area contributed by atoms with Gasteiger partial charge in [-0.2, -0.15) is 0 Å². The van der Waals surface area contributed by atoms with Gasteiger partial charge in [0.15, 0.2) is 0 Å². The van der Waals surface area contributed by atoms with Crippen molar-refractivity contribution in [2.75, 3.05) is 50.9 Å². The van der Waals surface area contributed by atoms with Gasteiger partial charge in [-0.05, 0) is 137 Å². The minimum absolute atomic E-state index is 0.140. The van der Waals surface area contributed by atoms with Crippen LogP contribution in [0.25, 0.3) is 0 Å². The second-order valence-electron chi connectivity index (χ2n) is 23.1. The van der Waals surface area contributed by atoms with Gasteiger partial charge in [0.1, 0.15) is 35.7 Å². The van der Waals surface area contributed by atoms with Crippen molar-refractivity contribution in [3.05, 3.63) is 192 Å². The lowest BCUT2D eigenvalue weighted by atomic mass is 9.98. The fourth-order valence-corrected chi connectivity index (χ4v) is 12.2. The van der Waals surface area contributed by atoms with Crippen molar-refractivity contribution in [2.24, 2.45) is 0 Å². The van der Waals surface area contributed by atoms with Crippen LogP contribution in [-0.4, -0.2) is 156 Å². The number of amides is 10. The van der Waals surface area contributed by atoms with Crippen LogP contribution >= 0.6 is 0 Å². The standard InChI is InChI=1S/C68H78N12O9/c1-43(69-3)61(81)73-55-41-77(39-37-51-29-35-57(79(51)65(55)85)63(83)75-59(45-17-9-5-10-18-45)46-19-11-6-12-20-46)67(87)71-49-25-31-53(32-26-49)89-54-33-27-50(28-34-54)72-68(88)78-40-38-52-30-36-58(80(52)66(86)56(42-78)74-62(82)44(2)70-4)64(84)76-60(47-21-13-7-14-22-47)48-23-15-8-16-24-48/h5-28,31-34,43-44,51-52,55-60,69-70H,29-30,35-42H2,1-4H3,(H,71,87)(H,72,88)(H,73,81)(H,74,82)(H,75,83)(H,76,84)/t43-,44-,51+,52+,55-,56-,57-,58?/m0/s1. The Morgan fingerprint density at radius 3 is 1.08 bits per heavy atom. The average molecular weight is 1210 g/mol. The highest BCUT2D eigenvalue weighted by atomic mass is 16.5. The first kappa shape index (κ1) is 62.5. The van der Waals surface area contributed by atoms with E-state index in [1.54, 1.807) is 86.3 Å². The van der Waals surface area contributed by atoms with Crippen molar-refractivity contribution >= 4 is 58.9 Å². The van der Waals surface area contributed by atoms with Crippen LogP contribution in [-0.2, 0) is 28.8 Å². The third-order valence-electron chi connectivity index (χ3n) is 17.4. The van der Waals surface area contributed by atoms with Gasteiger partial charge in [-0.15, -0.1) is 0 Å². The molecular weight excluding hydrogens is 1130 g/mol. The van der Waals surface area contributed by atoms with Crippen LogP contribution in [0.15, 0.2) is 170 Å². The highest BCUT2D eigenvalue weighted by molar-refractivity contribution is 5.97. The molecule has 4 heterocycles. The zero-order chi connectivity index (χ0) is 62.6. The molecule has 10 amide bonds. The summed E-state index contributed by atoms with van der Waals surface area (Å²) in [4.78, 5) is 119. The van der Waals surface area contributed by atoms with Crippen molar-refractivity contribution in [3.8, 4) is 11.5 Å². The van der Waals surface area contributed by atoms with Gasteiger partial charge in [0.25, 0.3) is 0 Å². The van der Waals surface area contributed by atoms with E-state index in [1.807, 2.05) is 121 Å². The largest absolute Gasteiger partial charge is 0.457 e. The predicted molar refractivity (Wildman–Crippen MR) is 337 cm³/mol. The number of rotatable bonds is 18. The lowest BCUT2D eigenvalue weighted by Crippen LogP contribution is -2.62. The van der Waals surface area contributed by atoms with E-state index in [1.165, 1.54) is 9.80 Å². The van der Waals surface area contributed by atoms with Gasteiger partial charge >= 0.3 is 12.1 Å². The smallest absolute Gasteiger partial charge is 0.321 e. The lowest BCUT2D eigenvalue weighted by Gasteiger charge is -2.39. The van der Waals surface area contributed by atoms with Crippen LogP contribution < -0.4 is 47.3 Å². The maximum Gasteiger partial charge on any atom is 0.321 e. The van der Waals surface area contributed by atoms with Crippen LogP contribution in [0, 0.1) is 0 Å². The molecule has 4 aliphatic rings. The number of nitrogens with one attached hydrogen (secondary N) is 8. The molecule has 21 heteroatoms. The normalized spacial score (nSPS) is 20.8. The number of likely N-dealkylation sites (N-methyl/N-ethyl adjacent to an activating group) is 2. The summed E-state index contributed by atoms with van der Waals surface area (Å²) in [6.45, 7) is 3.56. The number of carbonyl (C=O) groups excluding carboxylic acids is 8. The van der Waals surface area contributed by atoms with Crippen molar-refractivity contribution in [3.63, 3.8) is 0 Å². The molecule has 0 bridgehead atoms. The van der Waals surface area contributed by atoms with E-state index >= 15 is 0 Å². The zero-order valence-electron chi connectivity index (χ0n) is 50.5. The molecule has 21 nitrogen and oxygen atoms in total. The van der Waals surface area contributed by atoms with Gasteiger partial charge in [0, 0.05) is 36.5 Å². The topological polar surface area (TPSA) is 255 Å². The Labute approximate surface area is 518 Å². The number of nitrogens with zero attached hydrogens (tertiary/aromatic N) is 4. The van der Waals surface area contributed by atoms with Gasteiger partial charge in [0.05, 0.1) is 37.3 Å². The molecule has 4 saturated heterocycles. The maximum absolute atomic E-state index is 14.7. The number of benzene rings is 6. The summed E-state index contributed by atoms with van der Waals surface area (Å²) in [6.07, 6.45) is 2.72. The Kier molecular flexibility index (Phi) is 20.3. The summed E-state index contributed by atoms with van der Waals surface area (Å²) >= 11 is 0. The van der Waals surface area contributed by atoms with Crippen LogP contribution in [0.1, 0.15) is 86.7 Å². The molecule has 8 N–H and O–H groups in total. The third-order valence-corrected chi connectivity index (χ3v) is 17.4. The second kappa shape index (κ2) is 28.9. The summed E-state index contributed by atoms with van der Waals surface area (Å²) < 4.78 is 6.16. The lowest BCUT2D eigenvalue weighted by molar-refractivity contribution is -0.144. The summed E-state index contributed by atoms with van der Waals surface area (Å²) in [5, 5.41) is 23.9. The van der Waals surface area contributed by atoms with Crippen LogP contribution in [0.5, 0.6) is 11.5 Å². The summed E-state index contributed by atoms with van der Waals surface area (Å²) in [6, 6.07) is 44.3. The molecule has 4 fully saturated rings. The van der Waals surface area contributed by atoms with Crippen LogP contribution in [0.4, 0.5) is 21.0 Å². The van der Waals surface area contributed by atoms with E-state index in [0.717, 1.165) is 22.3 Å². The number of anilines is 2. The van der Waals surface area contributed by atoms with E-state index < -0.39 is 84.0 Å². The molecule has 0 radical (unpaired) electrons. The Morgan fingerprint density at radius 2 is 0.764 bits per heavy atom. The zero-order valence-corrected chi connectivity index (χ0v) is 50.5. The van der Waals surface area contributed by atoms with Crippen LogP contribution in [0.3, 0.4) is 0 Å². The van der Waals surface area contributed by atoms with Crippen molar-refractivity contribution in [2.45, 2.75) is 113 Å². The van der Waals surface area contributed by atoms with Crippen molar-refractivity contribution in [1.29, 1.82) is 0 Å². The van der Waals surface area contributed by atoms with E-state index in [9.17, 15) is 38.4 Å². The summed E-state index contributed by atoms with van der Waals surface area (Å²) in [7, 11) is 3.28. The van der Waals surface area contributed by atoms with E-state index in [4.69, 9.17) is 4.74 Å². The molecular formula is C68H78N12O9. The molecule has 6 aromatic carbocycles. The first-order valence-corrected chi connectivity index (χ1v) is 30.6. The van der Waals surface area contributed by atoms with Crippen molar-refractivity contribution in [1.82, 2.24) is 51.5 Å². The van der Waals surface area contributed by atoms with Crippen LogP contribution in [0.2, 0.25) is 0 Å². The van der Waals surface area contributed by atoms with Gasteiger partial charge in [-0.3, -0.25) is 28.8 Å². The predicted octanol–water partition coefficient (Wildman–Crippen LogP) is 6.67. The number of ether oxygens (including phenoxy) is 1. The average Bonchev–Trinajstić information content (AvgIpc) is 1.97. The van der Waals surface area contributed by atoms with Gasteiger partial charge in [-0.25, -0.2) is 9.59 Å². The molecule has 8 atom stereocenters. The number of fused-ring (bicyclic) bond motifs is 2. The molecule has 0 aliphatic carbocycles. The number of carbonyl (C=O) groups is 8. The molecule has 89 heavy (non-hydrogen) atoms. The minimum atomic E-state index is -1.15. The molecule has 10 rings (SSSR count). The SMILES string of the molecule is CN[C@@H](C)C(=O)N[C@H]1CN(C(=O)Nc2ccc(Oc3ccc(NC(=O)N4CC[C@H]5CC[C@@H](C(=O)NC(c6ccccc6)c6ccccc6)N5C(=O)[C@@H](NC(=O)[C@H](C)NC)C4)cc3)cc2)CC[C@H]2CCC(C(=O)NC(c3ccccc3)c3ccccc3)N2C1=O. The van der Waals surface area contributed by atoms with E-state index in [-0.39, 0.29) is 50.1 Å². The van der Waals surface area contributed by atoms with Crippen molar-refractivity contribution < 1.29 is 43.1 Å². The number of urea groups is 2. The highest BCUT2D eigenvalue weighted by Crippen LogP contribution is 2.34. The fourth-order valence-electron chi connectivity index (χ4n) is 12.2. The first-order chi connectivity index (χ1) is 43.2. The summed E-state index contributed by atoms with van der Waals surface area (Å²) in [5.41, 5.74) is 4.49. The molecule has 464 valence electrons. The van der Waals surface area contributed by atoms with Gasteiger partial charge in [0.2, 0.25) is 35.4 Å². The molecule has 6 aromatic rings. The Bertz CT molecular complexity index is 3130. The number of hydrogen-bond acceptors (Lipinski definition) is 11. The van der Waals surface area contributed by atoms with Gasteiger partial charge < -0.3 is 66.9 Å². The minimum Gasteiger partial charge on any atom is -0.457 e. The molecule has 0 spiro atoms. The van der Waals surface area contributed by atoms with Gasteiger partial charge in [-0.1, -0.05) is 121 Å². The first-order valence-electron chi connectivity index (χ1n) is 30.6. The van der Waals surface area contributed by atoms with E-state index in [2.05, 4.69) is 42.5 Å². The second-order valence-corrected chi connectivity index (χ2v) is 23.1. The molecule has 0 saturated carbocycles. The maximum atomic E-state index is 14.7. The molecule has 0 aromatic heterocycles. The summed E-state index contributed by atoms with van der Waals surface area (Å²) in [5.74, 6) is -1.42. The Hall–Kier alpha value is -9.60. The Morgan fingerprint density at radius 1 is 0.438 bits per heavy atom. The quantitative estimate of drug-likeness (QED) is 0.0451. The molecule has 1 unspecified atom stereocenters. The van der Waals surface area contributed by atoms with E-state index in [0.29, 0.717) is 61.4 Å². The highest BCUT2D eigenvalue weighted by Gasteiger charge is 2.48. The fraction of sp³-hybridized carbons (Fsp3) is 0.353. The Balaban J connectivity index is 0.756. The third kappa shape index (κ3) is 15.0.